The van der Waals surface area contributed by atoms with Crippen LogP contribution in [-0.2, 0) is 0 Å². The second-order valence-electron chi connectivity index (χ2n) is 7.29. The fourth-order valence-electron chi connectivity index (χ4n) is 3.47. The molecular formula is C27H17IN4S. The monoisotopic (exact) mass is 556 g/mol. The van der Waals surface area contributed by atoms with Gasteiger partial charge in [-0.15, -0.1) is 11.3 Å². The van der Waals surface area contributed by atoms with Crippen LogP contribution in [0.25, 0.3) is 39.9 Å². The quantitative estimate of drug-likeness (QED) is 0.168. The van der Waals surface area contributed by atoms with Crippen molar-refractivity contribution in [3.8, 4) is 34.3 Å². The average Bonchev–Trinajstić information content (AvgIpc) is 3.52. The summed E-state index contributed by atoms with van der Waals surface area (Å²) < 4.78 is 3.02. The minimum Gasteiger partial charge on any atom is -0.240 e. The molecular weight excluding hydrogens is 539 g/mol. The number of aromatic nitrogens is 3. The van der Waals surface area contributed by atoms with Crippen LogP contribution in [0, 0.1) is 14.9 Å². The molecule has 0 bridgehead atoms. The molecule has 0 unspecified atom stereocenters. The van der Waals surface area contributed by atoms with Gasteiger partial charge in [0.25, 0.3) is 0 Å². The number of para-hydroxylation sites is 1. The Hall–Kier alpha value is -3.54. The van der Waals surface area contributed by atoms with Gasteiger partial charge in [-0.1, -0.05) is 60.7 Å². The summed E-state index contributed by atoms with van der Waals surface area (Å²) in [6.07, 6.45) is 3.84. The Kier molecular flexibility index (Phi) is 6.15. The topological polar surface area (TPSA) is 54.5 Å². The van der Waals surface area contributed by atoms with Crippen molar-refractivity contribution in [1.29, 1.82) is 5.26 Å². The first-order chi connectivity index (χ1) is 16.2. The number of nitrogens with zero attached hydrogens (tertiary/aromatic N) is 4. The molecule has 6 heteroatoms. The lowest BCUT2D eigenvalue weighted by atomic mass is 10.1. The number of thiazole rings is 1. The highest BCUT2D eigenvalue weighted by Crippen LogP contribution is 2.30. The van der Waals surface area contributed by atoms with E-state index < -0.39 is 0 Å². The number of benzene rings is 3. The van der Waals surface area contributed by atoms with Gasteiger partial charge in [-0.25, -0.2) is 9.67 Å². The third-order valence-electron chi connectivity index (χ3n) is 5.11. The number of halogens is 1. The van der Waals surface area contributed by atoms with Gasteiger partial charge in [0.05, 0.1) is 22.6 Å². The van der Waals surface area contributed by atoms with Gasteiger partial charge in [-0.2, -0.15) is 10.4 Å². The van der Waals surface area contributed by atoms with E-state index in [1.165, 1.54) is 14.9 Å². The number of nitriles is 1. The number of hydrogen-bond donors (Lipinski definition) is 0. The second kappa shape index (κ2) is 9.53. The third-order valence-corrected chi connectivity index (χ3v) is 6.70. The minimum atomic E-state index is 0.515. The summed E-state index contributed by atoms with van der Waals surface area (Å²) in [6, 6.07) is 30.5. The van der Waals surface area contributed by atoms with Gasteiger partial charge in [0.2, 0.25) is 0 Å². The lowest BCUT2D eigenvalue weighted by Gasteiger charge is -2.00. The summed E-state index contributed by atoms with van der Waals surface area (Å²) in [5.74, 6) is 0. The van der Waals surface area contributed by atoms with Gasteiger partial charge >= 0.3 is 0 Å². The molecule has 0 saturated heterocycles. The first kappa shape index (κ1) is 21.3. The van der Waals surface area contributed by atoms with Crippen LogP contribution in [0.5, 0.6) is 0 Å². The predicted octanol–water partition coefficient (Wildman–Crippen LogP) is 7.33. The number of hydrogen-bond acceptors (Lipinski definition) is 4. The van der Waals surface area contributed by atoms with Crippen LogP contribution in [0.4, 0.5) is 0 Å². The summed E-state index contributed by atoms with van der Waals surface area (Å²) in [4.78, 5) is 4.74. The van der Waals surface area contributed by atoms with Crippen LogP contribution >= 0.6 is 33.9 Å². The molecule has 0 fully saturated rings. The summed E-state index contributed by atoms with van der Waals surface area (Å²) in [5.41, 5.74) is 6.07. The molecule has 0 N–H and O–H groups in total. The Bertz CT molecular complexity index is 1460. The third kappa shape index (κ3) is 4.65. The molecule has 158 valence electrons. The van der Waals surface area contributed by atoms with Gasteiger partial charge in [0, 0.05) is 31.8 Å². The molecule has 4 nitrogen and oxygen atoms in total. The molecule has 0 spiro atoms. The lowest BCUT2D eigenvalue weighted by Crippen LogP contribution is -1.93. The standard InChI is InChI=1S/C27H17IN4S/c28-23-13-11-19(12-14-23)25-18-33-27(30-25)21(16-29)15-22-17-32(24-9-5-2-6-10-24)31-26(22)20-7-3-1-4-8-20/h1-15,17-18H/b21-15+. The molecule has 0 radical (unpaired) electrons. The average molecular weight is 556 g/mol. The van der Waals surface area contributed by atoms with Crippen LogP contribution in [0.1, 0.15) is 10.6 Å². The minimum absolute atomic E-state index is 0.515. The maximum Gasteiger partial charge on any atom is 0.134 e. The molecule has 0 aliphatic carbocycles. The first-order valence-electron chi connectivity index (χ1n) is 10.3. The second-order valence-corrected chi connectivity index (χ2v) is 9.40. The van der Waals surface area contributed by atoms with Crippen molar-refractivity contribution in [2.45, 2.75) is 0 Å². The molecule has 0 aliphatic rings. The zero-order valence-electron chi connectivity index (χ0n) is 17.4. The van der Waals surface area contributed by atoms with E-state index in [1.807, 2.05) is 95.1 Å². The predicted molar refractivity (Wildman–Crippen MR) is 143 cm³/mol. The SMILES string of the molecule is N#C/C(=C\c1cn(-c2ccccc2)nc1-c1ccccc1)c1nc(-c2ccc(I)cc2)cs1. The molecule has 0 aliphatic heterocycles. The highest BCUT2D eigenvalue weighted by molar-refractivity contribution is 14.1. The molecule has 33 heavy (non-hydrogen) atoms. The Labute approximate surface area is 209 Å². The molecule has 2 heterocycles. The maximum atomic E-state index is 9.96. The fraction of sp³-hybridized carbons (Fsp3) is 0. The van der Waals surface area contributed by atoms with Gasteiger partial charge in [-0.05, 0) is 52.9 Å². The molecule has 0 saturated carbocycles. The van der Waals surface area contributed by atoms with E-state index in [1.54, 1.807) is 0 Å². The molecule has 3 aromatic carbocycles. The molecule has 5 aromatic rings. The Morgan fingerprint density at radius 2 is 1.61 bits per heavy atom. The van der Waals surface area contributed by atoms with Gasteiger partial charge < -0.3 is 0 Å². The van der Waals surface area contributed by atoms with Crippen molar-refractivity contribution >= 4 is 45.6 Å². The van der Waals surface area contributed by atoms with E-state index in [0.717, 1.165) is 33.8 Å². The zero-order chi connectivity index (χ0) is 22.6. The van der Waals surface area contributed by atoms with Crippen molar-refractivity contribution in [3.63, 3.8) is 0 Å². The lowest BCUT2D eigenvalue weighted by molar-refractivity contribution is 0.884. The number of allylic oxidation sites excluding steroid dienone is 1. The van der Waals surface area contributed by atoms with Crippen LogP contribution in [0.2, 0.25) is 0 Å². The Morgan fingerprint density at radius 1 is 0.909 bits per heavy atom. The largest absolute Gasteiger partial charge is 0.240 e. The van der Waals surface area contributed by atoms with Crippen LogP contribution in [0.3, 0.4) is 0 Å². The van der Waals surface area contributed by atoms with Crippen molar-refractivity contribution in [3.05, 3.63) is 111 Å². The Balaban J connectivity index is 1.58. The summed E-state index contributed by atoms with van der Waals surface area (Å²) >= 11 is 3.76. The van der Waals surface area contributed by atoms with Crippen molar-refractivity contribution in [1.82, 2.24) is 14.8 Å². The van der Waals surface area contributed by atoms with E-state index in [9.17, 15) is 5.26 Å². The zero-order valence-corrected chi connectivity index (χ0v) is 20.4. The summed E-state index contributed by atoms with van der Waals surface area (Å²) in [5, 5.41) is 17.5. The first-order valence-corrected chi connectivity index (χ1v) is 12.2. The maximum absolute atomic E-state index is 9.96. The van der Waals surface area contributed by atoms with E-state index >= 15 is 0 Å². The smallest absolute Gasteiger partial charge is 0.134 e. The van der Waals surface area contributed by atoms with Gasteiger partial charge in [-0.3, -0.25) is 0 Å². The number of rotatable bonds is 5. The van der Waals surface area contributed by atoms with Crippen LogP contribution < -0.4 is 0 Å². The normalized spacial score (nSPS) is 11.3. The van der Waals surface area contributed by atoms with Crippen molar-refractivity contribution < 1.29 is 0 Å². The van der Waals surface area contributed by atoms with Gasteiger partial charge in [0.15, 0.2) is 0 Å². The van der Waals surface area contributed by atoms with E-state index in [0.29, 0.717) is 10.6 Å². The molecule has 0 atom stereocenters. The van der Waals surface area contributed by atoms with E-state index in [4.69, 9.17) is 10.1 Å². The Morgan fingerprint density at radius 3 is 2.30 bits per heavy atom. The summed E-state index contributed by atoms with van der Waals surface area (Å²) in [6.45, 7) is 0. The van der Waals surface area contributed by atoms with E-state index in [2.05, 4.69) is 40.8 Å². The van der Waals surface area contributed by atoms with Crippen molar-refractivity contribution in [2.75, 3.05) is 0 Å². The molecule has 2 aromatic heterocycles. The van der Waals surface area contributed by atoms with Crippen LogP contribution in [-0.4, -0.2) is 14.8 Å². The van der Waals surface area contributed by atoms with Gasteiger partial charge in [0.1, 0.15) is 11.1 Å². The highest BCUT2D eigenvalue weighted by atomic mass is 127. The van der Waals surface area contributed by atoms with Crippen LogP contribution in [0.15, 0.2) is 96.5 Å². The molecule has 5 rings (SSSR count). The van der Waals surface area contributed by atoms with E-state index in [-0.39, 0.29) is 0 Å². The summed E-state index contributed by atoms with van der Waals surface area (Å²) in [7, 11) is 0. The molecule has 0 amide bonds. The van der Waals surface area contributed by atoms with Crippen molar-refractivity contribution in [2.24, 2.45) is 0 Å². The fourth-order valence-corrected chi connectivity index (χ4v) is 4.63. The highest BCUT2D eigenvalue weighted by Gasteiger charge is 2.14.